The zero-order valence-electron chi connectivity index (χ0n) is 18.1. The van der Waals surface area contributed by atoms with E-state index in [4.69, 9.17) is 4.98 Å². The Kier molecular flexibility index (Phi) is 5.44. The Hall–Kier alpha value is -2.45. The highest BCUT2D eigenvalue weighted by Crippen LogP contribution is 2.34. The fourth-order valence-electron chi connectivity index (χ4n) is 4.99. The van der Waals surface area contributed by atoms with Crippen molar-refractivity contribution >= 4 is 22.9 Å². The van der Waals surface area contributed by atoms with Crippen LogP contribution < -0.4 is 5.56 Å². The molecule has 31 heavy (non-hydrogen) atoms. The number of thiophene rings is 1. The second-order valence-electron chi connectivity index (χ2n) is 8.96. The molecule has 0 saturated carbocycles. The van der Waals surface area contributed by atoms with Crippen molar-refractivity contribution < 1.29 is 4.79 Å². The maximum absolute atomic E-state index is 12.9. The summed E-state index contributed by atoms with van der Waals surface area (Å²) >= 11 is 1.47. The second-order valence-corrected chi connectivity index (χ2v) is 9.91. The van der Waals surface area contributed by atoms with Gasteiger partial charge in [0.25, 0.3) is 11.5 Å². The van der Waals surface area contributed by atoms with Crippen molar-refractivity contribution in [3.63, 3.8) is 0 Å². The molecule has 1 atom stereocenters. The third-order valence-corrected chi connectivity index (χ3v) is 7.63. The number of amides is 1. The topological polar surface area (TPSA) is 73.7 Å². The SMILES string of the molecule is CC(C)N1CCC(c2cc(=O)n3[nH]c(C4CCCN4C(=O)c4cccs4)cc3n2)CC1. The molecular formula is C23H29N5O2S. The van der Waals surface area contributed by atoms with Gasteiger partial charge in [0.1, 0.15) is 0 Å². The summed E-state index contributed by atoms with van der Waals surface area (Å²) in [5, 5.41) is 5.16. The molecule has 0 aliphatic carbocycles. The first-order valence-corrected chi connectivity index (χ1v) is 12.1. The molecule has 1 N–H and O–H groups in total. The molecule has 5 rings (SSSR count). The number of rotatable bonds is 4. The van der Waals surface area contributed by atoms with Crippen LogP contribution in [0.4, 0.5) is 0 Å². The number of nitrogens with zero attached hydrogens (tertiary/aromatic N) is 4. The van der Waals surface area contributed by atoms with Crippen molar-refractivity contribution in [3.05, 3.63) is 56.3 Å². The predicted octanol–water partition coefficient (Wildman–Crippen LogP) is 3.65. The molecule has 5 heterocycles. The monoisotopic (exact) mass is 439 g/mol. The molecule has 1 unspecified atom stereocenters. The van der Waals surface area contributed by atoms with Gasteiger partial charge in [-0.2, -0.15) is 0 Å². The number of carbonyl (C=O) groups is 1. The highest BCUT2D eigenvalue weighted by Gasteiger charge is 2.32. The van der Waals surface area contributed by atoms with Crippen LogP contribution in [0.5, 0.6) is 0 Å². The number of aromatic nitrogens is 3. The normalized spacial score (nSPS) is 20.9. The molecule has 2 aliphatic rings. The molecule has 8 heteroatoms. The van der Waals surface area contributed by atoms with Gasteiger partial charge >= 0.3 is 0 Å². The predicted molar refractivity (Wildman–Crippen MR) is 122 cm³/mol. The number of hydrogen-bond acceptors (Lipinski definition) is 5. The molecule has 164 valence electrons. The molecule has 0 bridgehead atoms. The third-order valence-electron chi connectivity index (χ3n) is 6.77. The summed E-state index contributed by atoms with van der Waals surface area (Å²) in [7, 11) is 0. The minimum Gasteiger partial charge on any atom is -0.329 e. The first-order valence-electron chi connectivity index (χ1n) is 11.2. The van der Waals surface area contributed by atoms with E-state index in [0.29, 0.717) is 17.6 Å². The molecule has 0 radical (unpaired) electrons. The van der Waals surface area contributed by atoms with Crippen LogP contribution in [0.1, 0.15) is 72.6 Å². The van der Waals surface area contributed by atoms with Crippen LogP contribution in [-0.2, 0) is 0 Å². The molecule has 3 aromatic heterocycles. The van der Waals surface area contributed by atoms with E-state index in [1.54, 1.807) is 6.07 Å². The minimum atomic E-state index is -0.0772. The van der Waals surface area contributed by atoms with Crippen LogP contribution in [0.15, 0.2) is 34.4 Å². The van der Waals surface area contributed by atoms with Gasteiger partial charge < -0.3 is 9.80 Å². The molecule has 3 aromatic rings. The lowest BCUT2D eigenvalue weighted by Gasteiger charge is -2.34. The number of piperidine rings is 1. The van der Waals surface area contributed by atoms with Gasteiger partial charge in [0.2, 0.25) is 0 Å². The number of likely N-dealkylation sites (tertiary alicyclic amines) is 2. The van der Waals surface area contributed by atoms with Crippen LogP contribution in [0.25, 0.3) is 5.65 Å². The van der Waals surface area contributed by atoms with Crippen molar-refractivity contribution in [2.75, 3.05) is 19.6 Å². The van der Waals surface area contributed by atoms with Crippen LogP contribution in [0.3, 0.4) is 0 Å². The smallest absolute Gasteiger partial charge is 0.272 e. The molecule has 7 nitrogen and oxygen atoms in total. The number of fused-ring (bicyclic) bond motifs is 1. The third kappa shape index (κ3) is 3.83. The molecule has 2 aliphatic heterocycles. The number of hydrogen-bond donors (Lipinski definition) is 1. The van der Waals surface area contributed by atoms with Gasteiger partial charge in [-0.1, -0.05) is 6.07 Å². The lowest BCUT2D eigenvalue weighted by atomic mass is 9.92. The zero-order valence-corrected chi connectivity index (χ0v) is 18.9. The lowest BCUT2D eigenvalue weighted by molar-refractivity contribution is 0.0737. The number of aromatic amines is 1. The van der Waals surface area contributed by atoms with E-state index in [0.717, 1.165) is 61.6 Å². The van der Waals surface area contributed by atoms with E-state index in [-0.39, 0.29) is 17.5 Å². The van der Waals surface area contributed by atoms with Gasteiger partial charge in [-0.15, -0.1) is 11.3 Å². The molecule has 0 aromatic carbocycles. The van der Waals surface area contributed by atoms with Crippen LogP contribution >= 0.6 is 11.3 Å². The maximum Gasteiger partial charge on any atom is 0.272 e. The minimum absolute atomic E-state index is 0.0477. The Labute approximate surface area is 185 Å². The van der Waals surface area contributed by atoms with Gasteiger partial charge in [-0.25, -0.2) is 9.50 Å². The number of H-pyrrole nitrogens is 1. The van der Waals surface area contributed by atoms with Gasteiger partial charge in [-0.05, 0) is 64.1 Å². The second kappa shape index (κ2) is 8.24. The van der Waals surface area contributed by atoms with Crippen LogP contribution in [0.2, 0.25) is 0 Å². The van der Waals surface area contributed by atoms with Gasteiger partial charge in [0.15, 0.2) is 5.65 Å². The fourth-order valence-corrected chi connectivity index (χ4v) is 5.67. The van der Waals surface area contributed by atoms with E-state index in [9.17, 15) is 9.59 Å². The molecule has 2 saturated heterocycles. The number of nitrogens with one attached hydrogen (secondary N) is 1. The molecular weight excluding hydrogens is 410 g/mol. The summed E-state index contributed by atoms with van der Waals surface area (Å²) in [6.45, 7) is 7.29. The molecule has 2 fully saturated rings. The van der Waals surface area contributed by atoms with Crippen molar-refractivity contribution in [1.82, 2.24) is 24.4 Å². The summed E-state index contributed by atoms with van der Waals surface area (Å²) in [5.74, 6) is 0.392. The Balaban J connectivity index is 1.41. The maximum atomic E-state index is 12.9. The molecule has 0 spiro atoms. The Morgan fingerprint density at radius 3 is 2.71 bits per heavy atom. The summed E-state index contributed by atoms with van der Waals surface area (Å²) in [5.41, 5.74) is 2.36. The summed E-state index contributed by atoms with van der Waals surface area (Å²) in [6, 6.07) is 7.93. The van der Waals surface area contributed by atoms with Gasteiger partial charge in [-0.3, -0.25) is 14.7 Å². The van der Waals surface area contributed by atoms with E-state index < -0.39 is 0 Å². The largest absolute Gasteiger partial charge is 0.329 e. The summed E-state index contributed by atoms with van der Waals surface area (Å²) in [6.07, 6.45) is 3.91. The van der Waals surface area contributed by atoms with Crippen LogP contribution in [0, 0.1) is 0 Å². The Bertz CT molecular complexity index is 1120. The van der Waals surface area contributed by atoms with Crippen molar-refractivity contribution in [2.24, 2.45) is 0 Å². The van der Waals surface area contributed by atoms with Gasteiger partial charge in [0.05, 0.1) is 22.3 Å². The molecule has 1 amide bonds. The number of carbonyl (C=O) groups excluding carboxylic acids is 1. The van der Waals surface area contributed by atoms with Gasteiger partial charge in [0, 0.05) is 30.6 Å². The van der Waals surface area contributed by atoms with Crippen molar-refractivity contribution in [2.45, 2.75) is 57.5 Å². The van der Waals surface area contributed by atoms with E-state index in [1.807, 2.05) is 28.5 Å². The highest BCUT2D eigenvalue weighted by atomic mass is 32.1. The summed E-state index contributed by atoms with van der Waals surface area (Å²) < 4.78 is 1.52. The van der Waals surface area contributed by atoms with E-state index in [2.05, 4.69) is 23.8 Å². The Morgan fingerprint density at radius 2 is 2.00 bits per heavy atom. The highest BCUT2D eigenvalue weighted by molar-refractivity contribution is 7.12. The average molecular weight is 440 g/mol. The van der Waals surface area contributed by atoms with E-state index >= 15 is 0 Å². The van der Waals surface area contributed by atoms with Crippen LogP contribution in [-0.4, -0.2) is 56.0 Å². The zero-order chi connectivity index (χ0) is 21.5. The Morgan fingerprint density at radius 1 is 1.19 bits per heavy atom. The lowest BCUT2D eigenvalue weighted by Crippen LogP contribution is -2.38. The van der Waals surface area contributed by atoms with Crippen molar-refractivity contribution in [3.8, 4) is 0 Å². The standard InChI is InChI=1S/C23H29N5O2S/c1-15(2)26-10-7-16(8-11-26)17-14-22(29)28-21(24-17)13-18(25-28)19-5-3-9-27(19)23(30)20-6-4-12-31-20/h4,6,12-16,19,25H,3,5,7-11H2,1-2H3. The van der Waals surface area contributed by atoms with Crippen molar-refractivity contribution in [1.29, 1.82) is 0 Å². The quantitative estimate of drug-likeness (QED) is 0.673. The van der Waals surface area contributed by atoms with E-state index in [1.165, 1.54) is 15.9 Å². The first-order chi connectivity index (χ1) is 15.0. The fraction of sp³-hybridized carbons (Fsp3) is 0.522. The summed E-state index contributed by atoms with van der Waals surface area (Å²) in [4.78, 5) is 35.8. The average Bonchev–Trinajstić information content (AvgIpc) is 3.53. The first kappa shape index (κ1) is 20.5.